The van der Waals surface area contributed by atoms with Crippen molar-refractivity contribution in [1.29, 1.82) is 0 Å². The van der Waals surface area contributed by atoms with E-state index in [1.807, 2.05) is 24.3 Å². The lowest BCUT2D eigenvalue weighted by Gasteiger charge is -2.24. The first-order valence-corrected chi connectivity index (χ1v) is 8.94. The maximum absolute atomic E-state index is 12.4. The standard InChI is InChI=1S/C20H22N4O4/c1-28-16-8-6-14(7-9-16)12-22-20(21)18-10-11-19(25)23(18)13-15-4-2-3-5-17(15)24(26)27/h2-9,18H,10-13H2,1H3,(H2,21,22)/t18-/m0/s1. The second-order valence-corrected chi connectivity index (χ2v) is 6.55. The average Bonchev–Trinajstić information content (AvgIpc) is 3.07. The lowest BCUT2D eigenvalue weighted by Crippen LogP contribution is -2.42. The van der Waals surface area contributed by atoms with Crippen molar-refractivity contribution < 1.29 is 14.5 Å². The SMILES string of the molecule is COc1ccc(CN=C(N)[C@@H]2CCC(=O)N2Cc2ccccc2[N+](=O)[O-])cc1. The van der Waals surface area contributed by atoms with Gasteiger partial charge in [0, 0.05) is 18.1 Å². The number of carbonyl (C=O) groups is 1. The second kappa shape index (κ2) is 8.51. The number of ether oxygens (including phenoxy) is 1. The summed E-state index contributed by atoms with van der Waals surface area (Å²) in [6.45, 7) is 0.527. The molecular formula is C20H22N4O4. The van der Waals surface area contributed by atoms with Crippen molar-refractivity contribution >= 4 is 17.4 Å². The molecule has 1 aliphatic rings. The topological polar surface area (TPSA) is 111 Å². The molecule has 28 heavy (non-hydrogen) atoms. The molecule has 3 rings (SSSR count). The van der Waals surface area contributed by atoms with Crippen molar-refractivity contribution in [3.05, 3.63) is 69.8 Å². The highest BCUT2D eigenvalue weighted by Crippen LogP contribution is 2.26. The van der Waals surface area contributed by atoms with E-state index >= 15 is 0 Å². The van der Waals surface area contributed by atoms with Gasteiger partial charge in [0.1, 0.15) is 11.6 Å². The van der Waals surface area contributed by atoms with Crippen LogP contribution in [0.5, 0.6) is 5.75 Å². The average molecular weight is 382 g/mol. The first kappa shape index (κ1) is 19.3. The van der Waals surface area contributed by atoms with Crippen molar-refractivity contribution in [1.82, 2.24) is 4.90 Å². The second-order valence-electron chi connectivity index (χ2n) is 6.55. The van der Waals surface area contributed by atoms with E-state index in [4.69, 9.17) is 10.5 Å². The van der Waals surface area contributed by atoms with E-state index in [9.17, 15) is 14.9 Å². The quantitative estimate of drug-likeness (QED) is 0.342. The molecule has 1 heterocycles. The molecule has 146 valence electrons. The van der Waals surface area contributed by atoms with Crippen LogP contribution in [0.1, 0.15) is 24.0 Å². The third-order valence-electron chi connectivity index (χ3n) is 4.80. The molecule has 8 nitrogen and oxygen atoms in total. The Morgan fingerprint density at radius 1 is 1.29 bits per heavy atom. The highest BCUT2D eigenvalue weighted by atomic mass is 16.6. The van der Waals surface area contributed by atoms with Crippen LogP contribution in [-0.4, -0.2) is 34.7 Å². The van der Waals surface area contributed by atoms with Crippen LogP contribution < -0.4 is 10.5 Å². The number of nitro groups is 1. The molecule has 1 fully saturated rings. The maximum atomic E-state index is 12.4. The van der Waals surface area contributed by atoms with E-state index in [1.165, 1.54) is 6.07 Å². The number of methoxy groups -OCH3 is 1. The summed E-state index contributed by atoms with van der Waals surface area (Å²) < 4.78 is 5.13. The Labute approximate surface area is 162 Å². The lowest BCUT2D eigenvalue weighted by molar-refractivity contribution is -0.385. The summed E-state index contributed by atoms with van der Waals surface area (Å²) in [5.41, 5.74) is 7.63. The number of carbonyl (C=O) groups excluding carboxylic acids is 1. The number of hydrogen-bond acceptors (Lipinski definition) is 5. The summed E-state index contributed by atoms with van der Waals surface area (Å²) in [5.74, 6) is 1.05. The number of amides is 1. The van der Waals surface area contributed by atoms with Crippen LogP contribution in [0, 0.1) is 10.1 Å². The van der Waals surface area contributed by atoms with Gasteiger partial charge in [0.25, 0.3) is 5.69 Å². The van der Waals surface area contributed by atoms with Crippen LogP contribution >= 0.6 is 0 Å². The van der Waals surface area contributed by atoms with Crippen molar-refractivity contribution in [3.63, 3.8) is 0 Å². The first-order valence-electron chi connectivity index (χ1n) is 8.94. The monoisotopic (exact) mass is 382 g/mol. The first-order chi connectivity index (χ1) is 13.5. The molecule has 0 unspecified atom stereocenters. The zero-order valence-electron chi connectivity index (χ0n) is 15.6. The molecule has 0 aromatic heterocycles. The third kappa shape index (κ3) is 4.28. The summed E-state index contributed by atoms with van der Waals surface area (Å²) in [6, 6.07) is 13.6. The fraction of sp³-hybridized carbons (Fsp3) is 0.300. The maximum Gasteiger partial charge on any atom is 0.274 e. The molecule has 0 aliphatic carbocycles. The van der Waals surface area contributed by atoms with Crippen molar-refractivity contribution in [2.75, 3.05) is 7.11 Å². The van der Waals surface area contributed by atoms with Gasteiger partial charge in [-0.3, -0.25) is 19.9 Å². The van der Waals surface area contributed by atoms with Crippen LogP contribution in [0.15, 0.2) is 53.5 Å². The third-order valence-corrected chi connectivity index (χ3v) is 4.80. The molecular weight excluding hydrogens is 360 g/mol. The number of amidine groups is 1. The highest BCUT2D eigenvalue weighted by Gasteiger charge is 2.34. The smallest absolute Gasteiger partial charge is 0.274 e. The van der Waals surface area contributed by atoms with Gasteiger partial charge in [-0.1, -0.05) is 30.3 Å². The van der Waals surface area contributed by atoms with E-state index in [1.54, 1.807) is 30.2 Å². The highest BCUT2D eigenvalue weighted by molar-refractivity contribution is 5.93. The fourth-order valence-electron chi connectivity index (χ4n) is 3.26. The van der Waals surface area contributed by atoms with Gasteiger partial charge in [-0.05, 0) is 24.1 Å². The van der Waals surface area contributed by atoms with Gasteiger partial charge in [-0.2, -0.15) is 0 Å². The molecule has 0 radical (unpaired) electrons. The predicted octanol–water partition coefficient (Wildman–Crippen LogP) is 2.65. The number of nitrogens with zero attached hydrogens (tertiary/aromatic N) is 3. The van der Waals surface area contributed by atoms with Gasteiger partial charge >= 0.3 is 0 Å². The molecule has 1 amide bonds. The Morgan fingerprint density at radius 2 is 2.00 bits per heavy atom. The van der Waals surface area contributed by atoms with Crippen molar-refractivity contribution in [2.24, 2.45) is 10.7 Å². The van der Waals surface area contributed by atoms with Crippen LogP contribution in [0.2, 0.25) is 0 Å². The number of rotatable bonds is 7. The number of likely N-dealkylation sites (tertiary alicyclic amines) is 1. The van der Waals surface area contributed by atoms with Gasteiger partial charge in [0.2, 0.25) is 5.91 Å². The summed E-state index contributed by atoms with van der Waals surface area (Å²) in [4.78, 5) is 29.2. The Bertz CT molecular complexity index is 895. The molecule has 2 aromatic rings. The largest absolute Gasteiger partial charge is 0.497 e. The molecule has 8 heteroatoms. The minimum absolute atomic E-state index is 0.00491. The molecule has 0 bridgehead atoms. The van der Waals surface area contributed by atoms with Crippen LogP contribution in [0.3, 0.4) is 0 Å². The number of hydrogen-bond donors (Lipinski definition) is 1. The van der Waals surface area contributed by atoms with E-state index in [0.29, 0.717) is 30.8 Å². The minimum Gasteiger partial charge on any atom is -0.497 e. The van der Waals surface area contributed by atoms with E-state index in [2.05, 4.69) is 4.99 Å². The van der Waals surface area contributed by atoms with Crippen LogP contribution in [-0.2, 0) is 17.9 Å². The Balaban J connectivity index is 1.74. The molecule has 0 saturated carbocycles. The van der Waals surface area contributed by atoms with Gasteiger partial charge in [-0.25, -0.2) is 0 Å². The lowest BCUT2D eigenvalue weighted by atomic mass is 10.1. The number of para-hydroxylation sites is 1. The summed E-state index contributed by atoms with van der Waals surface area (Å²) >= 11 is 0. The van der Waals surface area contributed by atoms with Crippen LogP contribution in [0.25, 0.3) is 0 Å². The van der Waals surface area contributed by atoms with Gasteiger partial charge in [0.15, 0.2) is 0 Å². The van der Waals surface area contributed by atoms with E-state index in [0.717, 1.165) is 11.3 Å². The normalized spacial score (nSPS) is 17.0. The van der Waals surface area contributed by atoms with Gasteiger partial charge < -0.3 is 15.4 Å². The number of nitrogens with two attached hydrogens (primary N) is 1. The fourth-order valence-corrected chi connectivity index (χ4v) is 3.26. The number of nitro benzene ring substituents is 1. The Kier molecular flexibility index (Phi) is 5.88. The summed E-state index contributed by atoms with van der Waals surface area (Å²) in [6.07, 6.45) is 0.904. The molecule has 2 aromatic carbocycles. The minimum atomic E-state index is -0.438. The predicted molar refractivity (Wildman–Crippen MR) is 105 cm³/mol. The zero-order chi connectivity index (χ0) is 20.1. The zero-order valence-corrected chi connectivity index (χ0v) is 15.6. The summed E-state index contributed by atoms with van der Waals surface area (Å²) in [7, 11) is 1.61. The van der Waals surface area contributed by atoms with Gasteiger partial charge in [-0.15, -0.1) is 0 Å². The van der Waals surface area contributed by atoms with E-state index < -0.39 is 4.92 Å². The molecule has 1 aliphatic heterocycles. The van der Waals surface area contributed by atoms with Crippen LogP contribution in [0.4, 0.5) is 5.69 Å². The molecule has 1 atom stereocenters. The Morgan fingerprint density at radius 3 is 2.68 bits per heavy atom. The van der Waals surface area contributed by atoms with Crippen molar-refractivity contribution in [3.8, 4) is 5.75 Å². The molecule has 2 N–H and O–H groups in total. The molecule has 0 spiro atoms. The molecule has 1 saturated heterocycles. The number of benzene rings is 2. The summed E-state index contributed by atoms with van der Waals surface area (Å²) in [5, 5.41) is 11.2. The Hall–Kier alpha value is -3.42. The number of aliphatic imine (C=N–C) groups is 1. The van der Waals surface area contributed by atoms with Crippen molar-refractivity contribution in [2.45, 2.75) is 32.0 Å². The van der Waals surface area contributed by atoms with E-state index in [-0.39, 0.29) is 24.2 Å². The van der Waals surface area contributed by atoms with Gasteiger partial charge in [0.05, 0.1) is 31.2 Å².